The van der Waals surface area contributed by atoms with Crippen LogP contribution in [0, 0.1) is 5.82 Å². The first kappa shape index (κ1) is 16.8. The third-order valence-electron chi connectivity index (χ3n) is 5.05. The standard InChI is InChI=1S/C21H22FN3O/c22-18-6-7-19-17(14-23-20(19)13-18)12-21(26)25-10-8-24(9-11-25)15-16-4-2-1-3-5-16/h1-7,13-14,23H,8-12,15H2. The maximum Gasteiger partial charge on any atom is 0.227 e. The summed E-state index contributed by atoms with van der Waals surface area (Å²) in [6.07, 6.45) is 2.16. The highest BCUT2D eigenvalue weighted by Gasteiger charge is 2.22. The van der Waals surface area contributed by atoms with Gasteiger partial charge in [-0.05, 0) is 29.3 Å². The van der Waals surface area contributed by atoms with Crippen molar-refractivity contribution in [3.05, 3.63) is 71.7 Å². The third-order valence-corrected chi connectivity index (χ3v) is 5.05. The molecule has 2 heterocycles. The van der Waals surface area contributed by atoms with Gasteiger partial charge >= 0.3 is 0 Å². The summed E-state index contributed by atoms with van der Waals surface area (Å²) in [5.74, 6) is -0.138. The molecule has 26 heavy (non-hydrogen) atoms. The van der Waals surface area contributed by atoms with E-state index in [4.69, 9.17) is 0 Å². The summed E-state index contributed by atoms with van der Waals surface area (Å²) in [5.41, 5.74) is 2.97. The van der Waals surface area contributed by atoms with Crippen molar-refractivity contribution in [2.45, 2.75) is 13.0 Å². The van der Waals surface area contributed by atoms with Gasteiger partial charge in [-0.25, -0.2) is 4.39 Å². The molecule has 4 nitrogen and oxygen atoms in total. The highest BCUT2D eigenvalue weighted by atomic mass is 19.1. The molecule has 0 aliphatic carbocycles. The number of fused-ring (bicyclic) bond motifs is 1. The molecule has 1 aliphatic heterocycles. The van der Waals surface area contributed by atoms with Gasteiger partial charge in [-0.3, -0.25) is 9.69 Å². The van der Waals surface area contributed by atoms with Gasteiger partial charge in [0.25, 0.3) is 0 Å². The Bertz CT molecular complexity index is 898. The van der Waals surface area contributed by atoms with Crippen molar-refractivity contribution in [2.24, 2.45) is 0 Å². The molecule has 134 valence electrons. The summed E-state index contributed by atoms with van der Waals surface area (Å²) >= 11 is 0. The largest absolute Gasteiger partial charge is 0.361 e. The zero-order chi connectivity index (χ0) is 17.9. The summed E-state index contributed by atoms with van der Waals surface area (Å²) < 4.78 is 13.3. The number of amides is 1. The van der Waals surface area contributed by atoms with Crippen molar-refractivity contribution in [1.29, 1.82) is 0 Å². The van der Waals surface area contributed by atoms with Crippen LogP contribution in [0.25, 0.3) is 10.9 Å². The molecule has 5 heteroatoms. The van der Waals surface area contributed by atoms with Crippen LogP contribution in [-0.4, -0.2) is 46.9 Å². The average molecular weight is 351 g/mol. The summed E-state index contributed by atoms with van der Waals surface area (Å²) in [4.78, 5) is 20.0. The van der Waals surface area contributed by atoms with Gasteiger partial charge in [0.05, 0.1) is 6.42 Å². The van der Waals surface area contributed by atoms with E-state index in [0.717, 1.165) is 49.2 Å². The Morgan fingerprint density at radius 1 is 1.04 bits per heavy atom. The van der Waals surface area contributed by atoms with Gasteiger partial charge in [-0.1, -0.05) is 30.3 Å². The molecule has 1 aliphatic rings. The Balaban J connectivity index is 1.34. The van der Waals surface area contributed by atoms with Crippen molar-refractivity contribution >= 4 is 16.8 Å². The van der Waals surface area contributed by atoms with Crippen LogP contribution in [0.5, 0.6) is 0 Å². The molecule has 1 saturated heterocycles. The molecule has 1 fully saturated rings. The smallest absolute Gasteiger partial charge is 0.227 e. The summed E-state index contributed by atoms with van der Waals surface area (Å²) in [5, 5.41) is 0.919. The van der Waals surface area contributed by atoms with Crippen molar-refractivity contribution < 1.29 is 9.18 Å². The number of piperazine rings is 1. The molecule has 0 saturated carbocycles. The second kappa shape index (κ2) is 7.30. The second-order valence-corrected chi connectivity index (χ2v) is 6.82. The van der Waals surface area contributed by atoms with E-state index in [2.05, 4.69) is 34.1 Å². The Morgan fingerprint density at radius 2 is 1.81 bits per heavy atom. The fourth-order valence-electron chi connectivity index (χ4n) is 3.58. The molecule has 3 aromatic rings. The molecular formula is C21H22FN3O. The van der Waals surface area contributed by atoms with E-state index >= 15 is 0 Å². The molecule has 1 amide bonds. The van der Waals surface area contributed by atoms with Crippen LogP contribution in [0.2, 0.25) is 0 Å². The lowest BCUT2D eigenvalue weighted by atomic mass is 10.1. The normalized spacial score (nSPS) is 15.5. The first-order valence-corrected chi connectivity index (χ1v) is 8.98. The minimum absolute atomic E-state index is 0.134. The number of aromatic amines is 1. The molecular weight excluding hydrogens is 329 g/mol. The summed E-state index contributed by atoms with van der Waals surface area (Å²) in [6, 6.07) is 15.1. The molecule has 0 bridgehead atoms. The first-order chi connectivity index (χ1) is 12.7. The van der Waals surface area contributed by atoms with Gasteiger partial charge < -0.3 is 9.88 Å². The molecule has 0 spiro atoms. The number of hydrogen-bond donors (Lipinski definition) is 1. The van der Waals surface area contributed by atoms with Crippen molar-refractivity contribution in [3.8, 4) is 0 Å². The fourth-order valence-corrected chi connectivity index (χ4v) is 3.58. The van der Waals surface area contributed by atoms with E-state index in [-0.39, 0.29) is 11.7 Å². The number of H-pyrrole nitrogens is 1. The van der Waals surface area contributed by atoms with Crippen LogP contribution in [0.1, 0.15) is 11.1 Å². The first-order valence-electron chi connectivity index (χ1n) is 8.98. The van der Waals surface area contributed by atoms with E-state index in [0.29, 0.717) is 6.42 Å². The van der Waals surface area contributed by atoms with Gasteiger partial charge in [-0.2, -0.15) is 0 Å². The number of halogens is 1. The highest BCUT2D eigenvalue weighted by molar-refractivity contribution is 5.89. The van der Waals surface area contributed by atoms with Crippen molar-refractivity contribution in [1.82, 2.24) is 14.8 Å². The van der Waals surface area contributed by atoms with E-state index in [9.17, 15) is 9.18 Å². The molecule has 0 unspecified atom stereocenters. The fraction of sp³-hybridized carbons (Fsp3) is 0.286. The van der Waals surface area contributed by atoms with Gasteiger partial charge in [0.2, 0.25) is 5.91 Å². The van der Waals surface area contributed by atoms with Crippen LogP contribution in [0.15, 0.2) is 54.7 Å². The predicted molar refractivity (Wildman–Crippen MR) is 100 cm³/mol. The maximum absolute atomic E-state index is 13.3. The van der Waals surface area contributed by atoms with Gasteiger partial charge in [0.15, 0.2) is 0 Å². The quantitative estimate of drug-likeness (QED) is 0.784. The monoisotopic (exact) mass is 351 g/mol. The van der Waals surface area contributed by atoms with Crippen LogP contribution in [0.4, 0.5) is 4.39 Å². The molecule has 4 rings (SSSR count). The lowest BCUT2D eigenvalue weighted by Gasteiger charge is -2.34. The molecule has 0 atom stereocenters. The molecule has 1 aromatic heterocycles. The SMILES string of the molecule is O=C(Cc1c[nH]c2cc(F)ccc12)N1CCN(Cc2ccccc2)CC1. The van der Waals surface area contributed by atoms with Crippen LogP contribution in [-0.2, 0) is 17.8 Å². The van der Waals surface area contributed by atoms with E-state index in [1.165, 1.54) is 17.7 Å². The maximum atomic E-state index is 13.3. The number of carbonyl (C=O) groups is 1. The van der Waals surface area contributed by atoms with Crippen LogP contribution >= 0.6 is 0 Å². The Hall–Kier alpha value is -2.66. The average Bonchev–Trinajstić information content (AvgIpc) is 3.05. The lowest BCUT2D eigenvalue weighted by Crippen LogP contribution is -2.48. The minimum atomic E-state index is -0.272. The topological polar surface area (TPSA) is 39.3 Å². The zero-order valence-corrected chi connectivity index (χ0v) is 14.6. The van der Waals surface area contributed by atoms with E-state index in [1.54, 1.807) is 6.07 Å². The number of nitrogens with zero attached hydrogens (tertiary/aromatic N) is 2. The van der Waals surface area contributed by atoms with E-state index in [1.807, 2.05) is 17.2 Å². The highest BCUT2D eigenvalue weighted by Crippen LogP contribution is 2.20. The van der Waals surface area contributed by atoms with Crippen LogP contribution < -0.4 is 0 Å². The Kier molecular flexibility index (Phi) is 4.71. The molecule has 0 radical (unpaired) electrons. The van der Waals surface area contributed by atoms with Gasteiger partial charge in [-0.15, -0.1) is 0 Å². The van der Waals surface area contributed by atoms with Gasteiger partial charge in [0.1, 0.15) is 5.82 Å². The van der Waals surface area contributed by atoms with Crippen molar-refractivity contribution in [2.75, 3.05) is 26.2 Å². The Morgan fingerprint density at radius 3 is 2.58 bits per heavy atom. The number of nitrogens with one attached hydrogen (secondary N) is 1. The number of carbonyl (C=O) groups excluding carboxylic acids is 1. The van der Waals surface area contributed by atoms with E-state index < -0.39 is 0 Å². The summed E-state index contributed by atoms with van der Waals surface area (Å²) in [6.45, 7) is 4.21. The molecule has 2 aromatic carbocycles. The minimum Gasteiger partial charge on any atom is -0.361 e. The number of aromatic nitrogens is 1. The van der Waals surface area contributed by atoms with Crippen LogP contribution in [0.3, 0.4) is 0 Å². The third kappa shape index (κ3) is 3.63. The lowest BCUT2D eigenvalue weighted by molar-refractivity contribution is -0.132. The number of benzene rings is 2. The number of hydrogen-bond acceptors (Lipinski definition) is 2. The number of rotatable bonds is 4. The van der Waals surface area contributed by atoms with Gasteiger partial charge in [0, 0.05) is 49.8 Å². The summed E-state index contributed by atoms with van der Waals surface area (Å²) in [7, 11) is 0. The van der Waals surface area contributed by atoms with Crippen molar-refractivity contribution in [3.63, 3.8) is 0 Å². The zero-order valence-electron chi connectivity index (χ0n) is 14.6. The Labute approximate surface area is 152 Å². The second-order valence-electron chi connectivity index (χ2n) is 6.82. The predicted octanol–water partition coefficient (Wildman–Crippen LogP) is 3.19. The molecule has 1 N–H and O–H groups in total.